The SMILES string of the molecule is CC[C@H](CN1CCCC1)NC(=O)Cc1nc(-c2ccccc2)oc1C. The van der Waals surface area contributed by atoms with Gasteiger partial charge < -0.3 is 14.6 Å². The van der Waals surface area contributed by atoms with Crippen molar-refractivity contribution in [2.45, 2.75) is 45.6 Å². The Balaban J connectivity index is 1.59. The van der Waals surface area contributed by atoms with E-state index >= 15 is 0 Å². The van der Waals surface area contributed by atoms with Crippen molar-refractivity contribution < 1.29 is 9.21 Å². The molecule has 134 valence electrons. The number of hydrogen-bond donors (Lipinski definition) is 1. The number of carbonyl (C=O) groups excluding carboxylic acids is 1. The Morgan fingerprint density at radius 1 is 1.28 bits per heavy atom. The summed E-state index contributed by atoms with van der Waals surface area (Å²) in [6.45, 7) is 7.22. The summed E-state index contributed by atoms with van der Waals surface area (Å²) in [5, 5.41) is 3.16. The van der Waals surface area contributed by atoms with Gasteiger partial charge >= 0.3 is 0 Å². The zero-order chi connectivity index (χ0) is 17.6. The maximum Gasteiger partial charge on any atom is 0.226 e. The van der Waals surface area contributed by atoms with Crippen molar-refractivity contribution in [3.63, 3.8) is 0 Å². The molecule has 1 N–H and O–H groups in total. The third-order valence-electron chi connectivity index (χ3n) is 4.78. The molecule has 25 heavy (non-hydrogen) atoms. The summed E-state index contributed by atoms with van der Waals surface area (Å²) >= 11 is 0. The summed E-state index contributed by atoms with van der Waals surface area (Å²) in [7, 11) is 0. The molecule has 0 radical (unpaired) electrons. The molecule has 5 heteroatoms. The number of benzene rings is 1. The number of aromatic nitrogens is 1. The number of nitrogens with one attached hydrogen (secondary N) is 1. The summed E-state index contributed by atoms with van der Waals surface area (Å²) in [5.74, 6) is 1.30. The topological polar surface area (TPSA) is 58.4 Å². The molecule has 1 aliphatic heterocycles. The van der Waals surface area contributed by atoms with Crippen LogP contribution in [0.5, 0.6) is 0 Å². The van der Waals surface area contributed by atoms with E-state index in [0.717, 1.165) is 31.6 Å². The maximum atomic E-state index is 12.4. The lowest BCUT2D eigenvalue weighted by molar-refractivity contribution is -0.121. The van der Waals surface area contributed by atoms with Crippen LogP contribution in [0.2, 0.25) is 0 Å². The molecule has 3 rings (SSSR count). The zero-order valence-electron chi connectivity index (χ0n) is 15.1. The van der Waals surface area contributed by atoms with Crippen LogP contribution in [0.3, 0.4) is 0 Å². The number of rotatable bonds is 7. The molecular formula is C20H27N3O2. The molecule has 2 aromatic rings. The monoisotopic (exact) mass is 341 g/mol. The van der Waals surface area contributed by atoms with Crippen molar-refractivity contribution in [3.8, 4) is 11.5 Å². The number of oxazole rings is 1. The van der Waals surface area contributed by atoms with Crippen molar-refractivity contribution in [3.05, 3.63) is 41.8 Å². The van der Waals surface area contributed by atoms with Gasteiger partial charge in [0.1, 0.15) is 5.76 Å². The Morgan fingerprint density at radius 3 is 2.68 bits per heavy atom. The Kier molecular flexibility index (Phi) is 5.87. The molecule has 1 amide bonds. The first-order chi connectivity index (χ1) is 12.2. The third kappa shape index (κ3) is 4.69. The highest BCUT2D eigenvalue weighted by atomic mass is 16.4. The average Bonchev–Trinajstić information content (AvgIpc) is 3.25. The first-order valence-corrected chi connectivity index (χ1v) is 9.19. The van der Waals surface area contributed by atoms with E-state index in [1.54, 1.807) is 0 Å². The van der Waals surface area contributed by atoms with Crippen molar-refractivity contribution in [2.24, 2.45) is 0 Å². The van der Waals surface area contributed by atoms with Gasteiger partial charge in [-0.25, -0.2) is 4.98 Å². The molecule has 0 spiro atoms. The van der Waals surface area contributed by atoms with Gasteiger partial charge in [-0.2, -0.15) is 0 Å². The van der Waals surface area contributed by atoms with E-state index < -0.39 is 0 Å². The normalized spacial score (nSPS) is 16.1. The second-order valence-electron chi connectivity index (χ2n) is 6.75. The summed E-state index contributed by atoms with van der Waals surface area (Å²) in [6, 6.07) is 9.97. The molecule has 0 aliphatic carbocycles. The van der Waals surface area contributed by atoms with Gasteiger partial charge in [0.25, 0.3) is 0 Å². The lowest BCUT2D eigenvalue weighted by atomic mass is 10.2. The molecule has 5 nitrogen and oxygen atoms in total. The molecule has 0 unspecified atom stereocenters. The molecule has 1 aliphatic rings. The second-order valence-corrected chi connectivity index (χ2v) is 6.75. The molecule has 2 heterocycles. The van der Waals surface area contributed by atoms with Crippen molar-refractivity contribution in [1.29, 1.82) is 0 Å². The van der Waals surface area contributed by atoms with E-state index in [2.05, 4.69) is 22.1 Å². The van der Waals surface area contributed by atoms with Crippen LogP contribution in [-0.4, -0.2) is 41.5 Å². The minimum Gasteiger partial charge on any atom is -0.441 e. The van der Waals surface area contributed by atoms with Crippen LogP contribution in [0.25, 0.3) is 11.5 Å². The average molecular weight is 341 g/mol. The number of amides is 1. The highest BCUT2D eigenvalue weighted by molar-refractivity contribution is 5.78. The largest absolute Gasteiger partial charge is 0.441 e. The van der Waals surface area contributed by atoms with Gasteiger partial charge in [-0.3, -0.25) is 4.79 Å². The molecule has 1 saturated heterocycles. The standard InChI is InChI=1S/C20H27N3O2/c1-3-17(14-23-11-7-8-12-23)21-19(24)13-18-15(2)25-20(22-18)16-9-5-4-6-10-16/h4-6,9-10,17H,3,7-8,11-14H2,1-2H3,(H,21,24)/t17-/m1/s1. The first kappa shape index (κ1) is 17.7. The number of aryl methyl sites for hydroxylation is 1. The van der Waals surface area contributed by atoms with E-state index in [1.165, 1.54) is 12.8 Å². The van der Waals surface area contributed by atoms with Gasteiger partial charge in [-0.15, -0.1) is 0 Å². The van der Waals surface area contributed by atoms with Crippen LogP contribution in [0.15, 0.2) is 34.7 Å². The van der Waals surface area contributed by atoms with Crippen LogP contribution in [-0.2, 0) is 11.2 Å². The number of carbonyl (C=O) groups is 1. The predicted octanol–water partition coefficient (Wildman–Crippen LogP) is 3.18. The Labute approximate surface area is 149 Å². The number of likely N-dealkylation sites (tertiary alicyclic amines) is 1. The molecule has 1 atom stereocenters. The van der Waals surface area contributed by atoms with Gasteiger partial charge in [0.05, 0.1) is 12.1 Å². The predicted molar refractivity (Wildman–Crippen MR) is 98.3 cm³/mol. The van der Waals surface area contributed by atoms with E-state index in [4.69, 9.17) is 4.42 Å². The van der Waals surface area contributed by atoms with Crippen LogP contribution < -0.4 is 5.32 Å². The van der Waals surface area contributed by atoms with Crippen LogP contribution in [0, 0.1) is 6.92 Å². The number of hydrogen-bond acceptors (Lipinski definition) is 4. The smallest absolute Gasteiger partial charge is 0.226 e. The molecule has 1 fully saturated rings. The Bertz CT molecular complexity index is 690. The minimum atomic E-state index is 0.0158. The summed E-state index contributed by atoms with van der Waals surface area (Å²) < 4.78 is 5.74. The fourth-order valence-corrected chi connectivity index (χ4v) is 3.28. The van der Waals surface area contributed by atoms with E-state index in [1.807, 2.05) is 37.3 Å². The fraction of sp³-hybridized carbons (Fsp3) is 0.500. The van der Waals surface area contributed by atoms with Gasteiger partial charge in [0, 0.05) is 18.2 Å². The zero-order valence-corrected chi connectivity index (χ0v) is 15.1. The molecule has 0 saturated carbocycles. The maximum absolute atomic E-state index is 12.4. The summed E-state index contributed by atoms with van der Waals surface area (Å²) in [6.07, 6.45) is 3.74. The first-order valence-electron chi connectivity index (χ1n) is 9.19. The minimum absolute atomic E-state index is 0.0158. The van der Waals surface area contributed by atoms with Crippen molar-refractivity contribution >= 4 is 5.91 Å². The highest BCUT2D eigenvalue weighted by Gasteiger charge is 2.20. The molecular weight excluding hydrogens is 314 g/mol. The lowest BCUT2D eigenvalue weighted by Crippen LogP contribution is -2.43. The highest BCUT2D eigenvalue weighted by Crippen LogP contribution is 2.21. The summed E-state index contributed by atoms with van der Waals surface area (Å²) in [4.78, 5) is 19.4. The van der Waals surface area contributed by atoms with Gasteiger partial charge in [0.15, 0.2) is 0 Å². The van der Waals surface area contributed by atoms with E-state index in [9.17, 15) is 4.79 Å². The van der Waals surface area contributed by atoms with Gasteiger partial charge in [-0.05, 0) is 51.4 Å². The number of nitrogens with zero attached hydrogens (tertiary/aromatic N) is 2. The van der Waals surface area contributed by atoms with E-state index in [-0.39, 0.29) is 18.4 Å². The quantitative estimate of drug-likeness (QED) is 0.840. The third-order valence-corrected chi connectivity index (χ3v) is 4.78. The molecule has 1 aromatic carbocycles. The Hall–Kier alpha value is -2.14. The van der Waals surface area contributed by atoms with Gasteiger partial charge in [0.2, 0.25) is 11.8 Å². The fourth-order valence-electron chi connectivity index (χ4n) is 3.28. The van der Waals surface area contributed by atoms with Crippen molar-refractivity contribution in [2.75, 3.05) is 19.6 Å². The second kappa shape index (κ2) is 8.30. The van der Waals surface area contributed by atoms with Crippen molar-refractivity contribution in [1.82, 2.24) is 15.2 Å². The molecule has 1 aromatic heterocycles. The molecule has 0 bridgehead atoms. The van der Waals surface area contributed by atoms with Crippen LogP contribution >= 0.6 is 0 Å². The van der Waals surface area contributed by atoms with Crippen LogP contribution in [0.1, 0.15) is 37.6 Å². The Morgan fingerprint density at radius 2 is 2.00 bits per heavy atom. The van der Waals surface area contributed by atoms with Gasteiger partial charge in [-0.1, -0.05) is 25.1 Å². The van der Waals surface area contributed by atoms with E-state index in [0.29, 0.717) is 17.3 Å². The lowest BCUT2D eigenvalue weighted by Gasteiger charge is -2.23. The summed E-state index contributed by atoms with van der Waals surface area (Å²) in [5.41, 5.74) is 1.64. The van der Waals surface area contributed by atoms with Crippen LogP contribution in [0.4, 0.5) is 0 Å².